The maximum Gasteiger partial charge on any atom is 0.165 e. The first-order chi connectivity index (χ1) is 14.1. The molecule has 29 heavy (non-hydrogen) atoms. The molecule has 4 rings (SSSR count). The van der Waals surface area contributed by atoms with E-state index in [0.29, 0.717) is 18.0 Å². The smallest absolute Gasteiger partial charge is 0.165 e. The first-order valence-corrected chi connectivity index (χ1v) is 9.98. The van der Waals surface area contributed by atoms with E-state index >= 15 is 0 Å². The van der Waals surface area contributed by atoms with Gasteiger partial charge in [0.2, 0.25) is 0 Å². The number of ether oxygens (including phenoxy) is 2. The van der Waals surface area contributed by atoms with Gasteiger partial charge >= 0.3 is 0 Å². The number of aromatic nitrogens is 1. The zero-order valence-electron chi connectivity index (χ0n) is 16.8. The number of aliphatic hydroxyl groups is 1. The molecule has 2 N–H and O–H groups in total. The molecule has 0 spiro atoms. The average Bonchev–Trinajstić information content (AvgIpc) is 3.17. The number of benzene rings is 2. The van der Waals surface area contributed by atoms with Crippen LogP contribution in [0.1, 0.15) is 36.0 Å². The Morgan fingerprint density at radius 2 is 1.93 bits per heavy atom. The second-order valence-corrected chi connectivity index (χ2v) is 7.64. The molecule has 0 bridgehead atoms. The van der Waals surface area contributed by atoms with Gasteiger partial charge in [-0.05, 0) is 73.3 Å². The number of rotatable bonds is 6. The summed E-state index contributed by atoms with van der Waals surface area (Å²) in [6.45, 7) is 2.30. The van der Waals surface area contributed by atoms with Crippen molar-refractivity contribution in [2.75, 3.05) is 33.9 Å². The fourth-order valence-electron chi connectivity index (χ4n) is 4.25. The van der Waals surface area contributed by atoms with Crippen molar-refractivity contribution >= 4 is 10.9 Å². The fourth-order valence-corrected chi connectivity index (χ4v) is 4.25. The van der Waals surface area contributed by atoms with Crippen LogP contribution >= 0.6 is 0 Å². The highest BCUT2D eigenvalue weighted by atomic mass is 19.1. The van der Waals surface area contributed by atoms with Crippen LogP contribution in [0.4, 0.5) is 4.39 Å². The molecule has 2 aromatic carbocycles. The molecule has 3 aromatic rings. The van der Waals surface area contributed by atoms with Crippen LogP contribution in [0.2, 0.25) is 0 Å². The fraction of sp³-hybridized carbons (Fsp3) is 0.391. The lowest BCUT2D eigenvalue weighted by molar-refractivity contribution is 0.0971. The van der Waals surface area contributed by atoms with Crippen LogP contribution in [0, 0.1) is 5.82 Å². The average molecular weight is 398 g/mol. The van der Waals surface area contributed by atoms with Crippen molar-refractivity contribution in [2.45, 2.75) is 24.9 Å². The van der Waals surface area contributed by atoms with Gasteiger partial charge in [0.25, 0.3) is 0 Å². The topological polar surface area (TPSA) is 57.7 Å². The zero-order chi connectivity index (χ0) is 20.4. The van der Waals surface area contributed by atoms with Gasteiger partial charge in [-0.1, -0.05) is 6.07 Å². The molecule has 1 aliphatic rings. The largest absolute Gasteiger partial charge is 0.497 e. The number of likely N-dealkylation sites (tertiary alicyclic amines) is 1. The molecule has 5 nitrogen and oxygen atoms in total. The summed E-state index contributed by atoms with van der Waals surface area (Å²) in [4.78, 5) is 5.61. The highest BCUT2D eigenvalue weighted by molar-refractivity contribution is 5.85. The molecule has 154 valence electrons. The SMILES string of the molecule is COc1ccc2[nH]cc(C3CCN(C[C@H](O)c4ccc(OC)c(F)c4)CC3)c2c1. The standard InChI is InChI=1S/C23H27FN2O3/c1-28-17-4-5-21-18(12-17)19(13-25-21)15-7-9-26(10-8-15)14-22(27)16-3-6-23(29-2)20(24)11-16/h3-6,11-13,15,22,25,27H,7-10,14H2,1-2H3/t22-/m0/s1. The van der Waals surface area contributed by atoms with E-state index in [0.717, 1.165) is 37.2 Å². The van der Waals surface area contributed by atoms with Gasteiger partial charge in [0, 0.05) is 23.6 Å². The minimum Gasteiger partial charge on any atom is -0.497 e. The molecule has 0 saturated carbocycles. The van der Waals surface area contributed by atoms with Crippen molar-refractivity contribution < 1.29 is 19.0 Å². The van der Waals surface area contributed by atoms with Crippen LogP contribution < -0.4 is 9.47 Å². The number of piperidine rings is 1. The van der Waals surface area contributed by atoms with Gasteiger partial charge in [0.15, 0.2) is 11.6 Å². The Morgan fingerprint density at radius 3 is 2.62 bits per heavy atom. The molecule has 1 aliphatic heterocycles. The highest BCUT2D eigenvalue weighted by Gasteiger charge is 2.25. The summed E-state index contributed by atoms with van der Waals surface area (Å²) in [5.74, 6) is 1.09. The Morgan fingerprint density at radius 1 is 1.14 bits per heavy atom. The molecule has 0 aliphatic carbocycles. The molecule has 0 radical (unpaired) electrons. The number of hydrogen-bond acceptors (Lipinski definition) is 4. The van der Waals surface area contributed by atoms with Gasteiger partial charge in [0.1, 0.15) is 5.75 Å². The Hall–Kier alpha value is -2.57. The summed E-state index contributed by atoms with van der Waals surface area (Å²) in [5, 5.41) is 11.8. The number of halogens is 1. The summed E-state index contributed by atoms with van der Waals surface area (Å²) in [6, 6.07) is 10.8. The third-order valence-corrected chi connectivity index (χ3v) is 5.94. The predicted octanol–water partition coefficient (Wildman–Crippen LogP) is 4.24. The first kappa shape index (κ1) is 19.7. The van der Waals surface area contributed by atoms with Crippen LogP contribution in [0.5, 0.6) is 11.5 Å². The van der Waals surface area contributed by atoms with Crippen molar-refractivity contribution in [3.63, 3.8) is 0 Å². The third-order valence-electron chi connectivity index (χ3n) is 5.94. The van der Waals surface area contributed by atoms with Gasteiger partial charge in [-0.3, -0.25) is 0 Å². The van der Waals surface area contributed by atoms with E-state index in [1.54, 1.807) is 19.2 Å². The molecule has 1 fully saturated rings. The minimum absolute atomic E-state index is 0.192. The molecule has 0 amide bonds. The van der Waals surface area contributed by atoms with Gasteiger partial charge in [0.05, 0.1) is 20.3 Å². The number of H-pyrrole nitrogens is 1. The Balaban J connectivity index is 1.39. The number of methoxy groups -OCH3 is 2. The van der Waals surface area contributed by atoms with Crippen molar-refractivity contribution in [3.8, 4) is 11.5 Å². The number of fused-ring (bicyclic) bond motifs is 1. The predicted molar refractivity (Wildman–Crippen MR) is 111 cm³/mol. The number of nitrogens with one attached hydrogen (secondary N) is 1. The Bertz CT molecular complexity index is 979. The molecule has 1 atom stereocenters. The molecule has 6 heteroatoms. The summed E-state index contributed by atoms with van der Waals surface area (Å²) < 4.78 is 24.2. The number of β-amino-alcohol motifs (C(OH)–C–C–N with tert-alkyl or cyclic N) is 1. The minimum atomic E-state index is -0.718. The molecule has 1 aromatic heterocycles. The normalized spacial score (nSPS) is 16.8. The van der Waals surface area contributed by atoms with E-state index in [4.69, 9.17) is 9.47 Å². The van der Waals surface area contributed by atoms with Crippen molar-refractivity contribution in [3.05, 3.63) is 59.5 Å². The lowest BCUT2D eigenvalue weighted by Gasteiger charge is -2.33. The van der Waals surface area contributed by atoms with E-state index in [2.05, 4.69) is 28.2 Å². The molecule has 1 saturated heterocycles. The molecular weight excluding hydrogens is 371 g/mol. The maximum atomic E-state index is 13.9. The Kier molecular flexibility index (Phi) is 5.74. The maximum absolute atomic E-state index is 13.9. The van der Waals surface area contributed by atoms with E-state index in [9.17, 15) is 9.50 Å². The monoisotopic (exact) mass is 398 g/mol. The summed E-state index contributed by atoms with van der Waals surface area (Å²) >= 11 is 0. The quantitative estimate of drug-likeness (QED) is 0.652. The van der Waals surface area contributed by atoms with Crippen LogP contribution in [0.15, 0.2) is 42.6 Å². The van der Waals surface area contributed by atoms with E-state index in [-0.39, 0.29) is 5.75 Å². The lowest BCUT2D eigenvalue weighted by atomic mass is 9.89. The third kappa shape index (κ3) is 4.09. The number of nitrogens with zero attached hydrogens (tertiary/aromatic N) is 1. The van der Waals surface area contributed by atoms with Crippen LogP contribution in [0.3, 0.4) is 0 Å². The molecule has 2 heterocycles. The van der Waals surface area contributed by atoms with E-state index in [1.165, 1.54) is 24.1 Å². The zero-order valence-corrected chi connectivity index (χ0v) is 16.8. The number of hydrogen-bond donors (Lipinski definition) is 2. The number of aliphatic hydroxyl groups excluding tert-OH is 1. The van der Waals surface area contributed by atoms with Crippen molar-refractivity contribution in [1.82, 2.24) is 9.88 Å². The summed E-state index contributed by atoms with van der Waals surface area (Å²) in [5.41, 5.74) is 3.03. The lowest BCUT2D eigenvalue weighted by Crippen LogP contribution is -2.36. The highest BCUT2D eigenvalue weighted by Crippen LogP contribution is 2.35. The van der Waals surface area contributed by atoms with E-state index < -0.39 is 11.9 Å². The van der Waals surface area contributed by atoms with Gasteiger partial charge in [-0.15, -0.1) is 0 Å². The van der Waals surface area contributed by atoms with E-state index in [1.807, 2.05) is 6.07 Å². The van der Waals surface area contributed by atoms with Crippen LogP contribution in [-0.2, 0) is 0 Å². The van der Waals surface area contributed by atoms with Crippen LogP contribution in [0.25, 0.3) is 10.9 Å². The molecule has 0 unspecified atom stereocenters. The summed E-state index contributed by atoms with van der Waals surface area (Å²) in [6.07, 6.45) is 3.44. The first-order valence-electron chi connectivity index (χ1n) is 9.98. The molecular formula is C23H27FN2O3. The summed E-state index contributed by atoms with van der Waals surface area (Å²) in [7, 11) is 3.12. The second-order valence-electron chi connectivity index (χ2n) is 7.64. The second kappa shape index (κ2) is 8.43. The Labute approximate surface area is 170 Å². The van der Waals surface area contributed by atoms with Crippen molar-refractivity contribution in [2.24, 2.45) is 0 Å². The van der Waals surface area contributed by atoms with Crippen molar-refractivity contribution in [1.29, 1.82) is 0 Å². The van der Waals surface area contributed by atoms with Gasteiger partial charge in [-0.25, -0.2) is 4.39 Å². The van der Waals surface area contributed by atoms with Gasteiger partial charge in [-0.2, -0.15) is 0 Å². The van der Waals surface area contributed by atoms with Crippen LogP contribution in [-0.4, -0.2) is 48.8 Å². The van der Waals surface area contributed by atoms with Gasteiger partial charge < -0.3 is 24.5 Å². The number of aromatic amines is 1.